The zero-order chi connectivity index (χ0) is 19.4. The van der Waals surface area contributed by atoms with E-state index in [1.54, 1.807) is 24.3 Å². The fourth-order valence-electron chi connectivity index (χ4n) is 2.88. The monoisotopic (exact) mass is 366 g/mol. The first-order valence-corrected chi connectivity index (χ1v) is 8.84. The average molecular weight is 366 g/mol. The first-order chi connectivity index (χ1) is 12.9. The number of nitrogens with one attached hydrogen (secondary N) is 1. The van der Waals surface area contributed by atoms with E-state index in [9.17, 15) is 14.4 Å². The third-order valence-electron chi connectivity index (χ3n) is 4.44. The molecule has 2 aromatic carbocycles. The largest absolute Gasteiger partial charge is 0.483 e. The molecule has 1 heterocycles. The molecule has 0 bridgehead atoms. The predicted molar refractivity (Wildman–Crippen MR) is 101 cm³/mol. The van der Waals surface area contributed by atoms with Crippen LogP contribution in [0.3, 0.4) is 0 Å². The van der Waals surface area contributed by atoms with Crippen LogP contribution in [0.25, 0.3) is 0 Å². The van der Waals surface area contributed by atoms with Gasteiger partial charge < -0.3 is 10.1 Å². The van der Waals surface area contributed by atoms with Gasteiger partial charge in [-0.2, -0.15) is 0 Å². The summed E-state index contributed by atoms with van der Waals surface area (Å²) in [6, 6.07) is 12.9. The maximum Gasteiger partial charge on any atom is 0.262 e. The molecule has 1 aliphatic heterocycles. The highest BCUT2D eigenvalue weighted by Crippen LogP contribution is 2.20. The molecule has 1 aliphatic rings. The van der Waals surface area contributed by atoms with Crippen molar-refractivity contribution >= 4 is 23.4 Å². The fraction of sp³-hybridized carbons (Fsp3) is 0.286. The van der Waals surface area contributed by atoms with E-state index in [0.717, 1.165) is 16.7 Å². The van der Waals surface area contributed by atoms with Crippen LogP contribution in [0.15, 0.2) is 42.5 Å². The molecular formula is C21H22N2O4. The molecule has 0 saturated carbocycles. The minimum Gasteiger partial charge on any atom is -0.483 e. The molecule has 140 valence electrons. The van der Waals surface area contributed by atoms with E-state index >= 15 is 0 Å². The van der Waals surface area contributed by atoms with Crippen LogP contribution in [0, 0.1) is 13.8 Å². The van der Waals surface area contributed by atoms with Crippen molar-refractivity contribution in [1.82, 2.24) is 4.90 Å². The van der Waals surface area contributed by atoms with E-state index in [2.05, 4.69) is 5.32 Å². The lowest BCUT2D eigenvalue weighted by Crippen LogP contribution is -2.28. The summed E-state index contributed by atoms with van der Waals surface area (Å²) in [6.07, 6.45) is 0.570. The van der Waals surface area contributed by atoms with Crippen molar-refractivity contribution in [2.24, 2.45) is 0 Å². The van der Waals surface area contributed by atoms with Crippen LogP contribution in [0.5, 0.6) is 5.75 Å². The minimum atomic E-state index is -0.256. The summed E-state index contributed by atoms with van der Waals surface area (Å²) in [5.41, 5.74) is 3.51. The van der Waals surface area contributed by atoms with Crippen LogP contribution in [0.4, 0.5) is 5.69 Å². The number of likely N-dealkylation sites (tertiary alicyclic amines) is 1. The molecule has 3 rings (SSSR count). The second kappa shape index (κ2) is 8.03. The second-order valence-corrected chi connectivity index (χ2v) is 6.68. The smallest absolute Gasteiger partial charge is 0.262 e. The summed E-state index contributed by atoms with van der Waals surface area (Å²) in [5.74, 6) is 0.163. The van der Waals surface area contributed by atoms with E-state index in [1.165, 1.54) is 4.90 Å². The summed E-state index contributed by atoms with van der Waals surface area (Å²) in [7, 11) is 0. The number of anilines is 1. The molecule has 6 nitrogen and oxygen atoms in total. The van der Waals surface area contributed by atoms with Gasteiger partial charge in [-0.05, 0) is 48.7 Å². The molecular weight excluding hydrogens is 344 g/mol. The molecule has 0 radical (unpaired) electrons. The molecule has 1 fully saturated rings. The van der Waals surface area contributed by atoms with Gasteiger partial charge in [-0.25, -0.2) is 0 Å². The Balaban J connectivity index is 1.53. The summed E-state index contributed by atoms with van der Waals surface area (Å²) in [6.45, 7) is 4.09. The van der Waals surface area contributed by atoms with Crippen LogP contribution in [-0.2, 0) is 20.9 Å². The van der Waals surface area contributed by atoms with Gasteiger partial charge in [0.2, 0.25) is 11.8 Å². The first kappa shape index (κ1) is 18.6. The van der Waals surface area contributed by atoms with Gasteiger partial charge in [0.05, 0.1) is 6.54 Å². The Morgan fingerprint density at radius 1 is 1.04 bits per heavy atom. The molecule has 3 amide bonds. The van der Waals surface area contributed by atoms with Gasteiger partial charge in [0.25, 0.3) is 5.91 Å². The molecule has 0 atom stereocenters. The van der Waals surface area contributed by atoms with Gasteiger partial charge in [0.1, 0.15) is 5.75 Å². The number of imide groups is 1. The van der Waals surface area contributed by atoms with Gasteiger partial charge in [-0.3, -0.25) is 19.3 Å². The number of benzene rings is 2. The van der Waals surface area contributed by atoms with Crippen LogP contribution in [0.2, 0.25) is 0 Å². The second-order valence-electron chi connectivity index (χ2n) is 6.68. The van der Waals surface area contributed by atoms with E-state index in [4.69, 9.17) is 4.74 Å². The van der Waals surface area contributed by atoms with Crippen molar-refractivity contribution in [1.29, 1.82) is 0 Å². The van der Waals surface area contributed by atoms with Crippen molar-refractivity contribution in [3.63, 3.8) is 0 Å². The highest BCUT2D eigenvalue weighted by atomic mass is 16.5. The molecule has 0 aliphatic carbocycles. The number of aryl methyl sites for hydroxylation is 2. The Labute approximate surface area is 158 Å². The molecule has 1 N–H and O–H groups in total. The number of hydrogen-bond acceptors (Lipinski definition) is 4. The Morgan fingerprint density at radius 3 is 2.37 bits per heavy atom. The van der Waals surface area contributed by atoms with Gasteiger partial charge in [0, 0.05) is 18.5 Å². The molecule has 2 aromatic rings. The lowest BCUT2D eigenvalue weighted by atomic mass is 10.1. The third kappa shape index (κ3) is 4.73. The van der Waals surface area contributed by atoms with Crippen molar-refractivity contribution in [2.45, 2.75) is 33.2 Å². The quantitative estimate of drug-likeness (QED) is 0.798. The van der Waals surface area contributed by atoms with E-state index in [0.29, 0.717) is 11.4 Å². The predicted octanol–water partition coefficient (Wildman–Crippen LogP) is 2.97. The minimum absolute atomic E-state index is 0.0805. The highest BCUT2D eigenvalue weighted by Gasteiger charge is 2.28. The average Bonchev–Trinajstić information content (AvgIpc) is 2.96. The summed E-state index contributed by atoms with van der Waals surface area (Å²) in [5, 5.41) is 2.77. The third-order valence-corrected chi connectivity index (χ3v) is 4.44. The molecule has 0 spiro atoms. The number of rotatable bonds is 6. The number of nitrogens with zero attached hydrogens (tertiary/aromatic N) is 1. The summed E-state index contributed by atoms with van der Waals surface area (Å²) < 4.78 is 5.59. The van der Waals surface area contributed by atoms with Gasteiger partial charge in [0.15, 0.2) is 6.61 Å². The van der Waals surface area contributed by atoms with Crippen molar-refractivity contribution in [3.05, 3.63) is 59.2 Å². The maximum absolute atomic E-state index is 12.1. The van der Waals surface area contributed by atoms with Crippen LogP contribution < -0.4 is 10.1 Å². The van der Waals surface area contributed by atoms with Crippen LogP contribution in [-0.4, -0.2) is 29.2 Å². The fourth-order valence-corrected chi connectivity index (χ4v) is 2.88. The van der Waals surface area contributed by atoms with E-state index < -0.39 is 0 Å². The first-order valence-electron chi connectivity index (χ1n) is 8.84. The van der Waals surface area contributed by atoms with Gasteiger partial charge >= 0.3 is 0 Å². The summed E-state index contributed by atoms with van der Waals surface area (Å²) in [4.78, 5) is 36.7. The van der Waals surface area contributed by atoms with E-state index in [-0.39, 0.29) is 43.7 Å². The van der Waals surface area contributed by atoms with Crippen molar-refractivity contribution in [2.75, 3.05) is 11.9 Å². The highest BCUT2D eigenvalue weighted by molar-refractivity contribution is 6.01. The molecule has 6 heteroatoms. The standard InChI is InChI=1S/C21H22N2O4/c1-14-3-4-15(2)18(11-14)27-13-19(24)22-17-7-5-16(6-8-17)12-23-20(25)9-10-21(23)26/h3-8,11H,9-10,12-13H2,1-2H3,(H,22,24). The Morgan fingerprint density at radius 2 is 1.70 bits per heavy atom. The lowest BCUT2D eigenvalue weighted by Gasteiger charge is -2.14. The maximum atomic E-state index is 12.1. The van der Waals surface area contributed by atoms with Gasteiger partial charge in [-0.15, -0.1) is 0 Å². The molecule has 27 heavy (non-hydrogen) atoms. The Kier molecular flexibility index (Phi) is 5.54. The van der Waals surface area contributed by atoms with E-state index in [1.807, 2.05) is 32.0 Å². The zero-order valence-corrected chi connectivity index (χ0v) is 15.5. The number of carbonyl (C=O) groups excluding carboxylic acids is 3. The number of ether oxygens (including phenoxy) is 1. The molecule has 0 aromatic heterocycles. The molecule has 0 unspecified atom stereocenters. The summed E-state index contributed by atoms with van der Waals surface area (Å²) >= 11 is 0. The van der Waals surface area contributed by atoms with Crippen LogP contribution in [0.1, 0.15) is 29.5 Å². The Bertz CT molecular complexity index is 858. The van der Waals surface area contributed by atoms with Gasteiger partial charge in [-0.1, -0.05) is 24.3 Å². The number of amides is 3. The number of carbonyl (C=O) groups is 3. The Hall–Kier alpha value is -3.15. The zero-order valence-electron chi connectivity index (χ0n) is 15.5. The van der Waals surface area contributed by atoms with Crippen LogP contribution >= 0.6 is 0 Å². The lowest BCUT2D eigenvalue weighted by molar-refractivity contribution is -0.139. The normalized spacial score (nSPS) is 13.8. The van der Waals surface area contributed by atoms with Crippen molar-refractivity contribution in [3.8, 4) is 5.75 Å². The number of hydrogen-bond donors (Lipinski definition) is 1. The molecule has 1 saturated heterocycles. The SMILES string of the molecule is Cc1ccc(C)c(OCC(=O)Nc2ccc(CN3C(=O)CCC3=O)cc2)c1. The van der Waals surface area contributed by atoms with Crippen molar-refractivity contribution < 1.29 is 19.1 Å². The topological polar surface area (TPSA) is 75.7 Å².